The van der Waals surface area contributed by atoms with Gasteiger partial charge in [0.15, 0.2) is 0 Å². The van der Waals surface area contributed by atoms with Crippen LogP contribution in [-0.4, -0.2) is 42.6 Å². The topological polar surface area (TPSA) is 70.7 Å². The van der Waals surface area contributed by atoms with Crippen LogP contribution in [0.1, 0.15) is 32.3 Å². The average molecular weight is 436 g/mol. The Morgan fingerprint density at radius 2 is 1.66 bits per heavy atom. The summed E-state index contributed by atoms with van der Waals surface area (Å²) in [5.74, 6) is -0.163. The molecule has 1 fully saturated rings. The summed E-state index contributed by atoms with van der Waals surface area (Å²) in [4.78, 5) is 26.7. The van der Waals surface area contributed by atoms with E-state index in [-0.39, 0.29) is 17.9 Å². The van der Waals surface area contributed by atoms with Crippen LogP contribution in [0.25, 0.3) is 11.1 Å². The first-order valence-corrected chi connectivity index (χ1v) is 11.1. The van der Waals surface area contributed by atoms with E-state index < -0.39 is 12.1 Å². The van der Waals surface area contributed by atoms with Gasteiger partial charge >= 0.3 is 6.09 Å². The molecule has 2 aromatic carbocycles. The molecule has 1 aliphatic rings. The number of likely N-dealkylation sites (tertiary alicyclic amines) is 1. The van der Waals surface area contributed by atoms with Crippen molar-refractivity contribution in [3.63, 3.8) is 0 Å². The Balaban J connectivity index is 1.67. The summed E-state index contributed by atoms with van der Waals surface area (Å²) in [6.45, 7) is 10.8. The highest BCUT2D eigenvalue weighted by atomic mass is 16.5. The van der Waals surface area contributed by atoms with Crippen molar-refractivity contribution in [1.82, 2.24) is 10.2 Å². The number of benzene rings is 2. The number of nitrogens with zero attached hydrogens (tertiary/aromatic N) is 1. The van der Waals surface area contributed by atoms with Gasteiger partial charge in [0.1, 0.15) is 6.04 Å². The molecule has 2 atom stereocenters. The maximum Gasteiger partial charge on any atom is 0.407 e. The lowest BCUT2D eigenvalue weighted by atomic mass is 10.0. The molecule has 2 N–H and O–H groups in total. The second-order valence-corrected chi connectivity index (χ2v) is 8.64. The number of methoxy groups -OCH3 is 1. The maximum absolute atomic E-state index is 13.2. The Bertz CT molecular complexity index is 951. The highest BCUT2D eigenvalue weighted by Crippen LogP contribution is 2.27. The molecule has 0 aromatic heterocycles. The smallest absolute Gasteiger partial charge is 0.407 e. The van der Waals surface area contributed by atoms with Gasteiger partial charge in [-0.15, -0.1) is 0 Å². The number of amides is 2. The SMILES string of the molecule is C=C(Nc1ccc(-c2ccc(C)cc2)cc1)[C@@H]1CCCN1C(=O)[C@@H](NC(=O)OC)C(C)C. The summed E-state index contributed by atoms with van der Waals surface area (Å²) >= 11 is 0. The Morgan fingerprint density at radius 1 is 1.06 bits per heavy atom. The van der Waals surface area contributed by atoms with Gasteiger partial charge in [-0.1, -0.05) is 62.4 Å². The van der Waals surface area contributed by atoms with Gasteiger partial charge < -0.3 is 20.3 Å². The van der Waals surface area contributed by atoms with Crippen molar-refractivity contribution in [3.05, 3.63) is 66.4 Å². The lowest BCUT2D eigenvalue weighted by Crippen LogP contribution is -2.53. The Labute approximate surface area is 190 Å². The van der Waals surface area contributed by atoms with Crippen LogP contribution in [0.4, 0.5) is 10.5 Å². The number of hydrogen-bond acceptors (Lipinski definition) is 4. The molecule has 2 amide bonds. The van der Waals surface area contributed by atoms with E-state index in [4.69, 9.17) is 4.74 Å². The summed E-state index contributed by atoms with van der Waals surface area (Å²) < 4.78 is 4.69. The first-order chi connectivity index (χ1) is 15.3. The zero-order chi connectivity index (χ0) is 23.3. The highest BCUT2D eigenvalue weighted by Gasteiger charge is 2.36. The molecule has 170 valence electrons. The number of rotatable bonds is 7. The summed E-state index contributed by atoms with van der Waals surface area (Å²) in [6, 6.07) is 15.9. The molecule has 0 bridgehead atoms. The molecule has 0 spiro atoms. The van der Waals surface area contributed by atoms with Gasteiger partial charge in [0.05, 0.1) is 13.2 Å². The summed E-state index contributed by atoms with van der Waals surface area (Å²) in [5.41, 5.74) is 5.26. The molecule has 6 nitrogen and oxygen atoms in total. The van der Waals surface area contributed by atoms with Gasteiger partial charge in [-0.05, 0) is 48.9 Å². The molecule has 0 radical (unpaired) electrons. The molecule has 2 aromatic rings. The van der Waals surface area contributed by atoms with Crippen molar-refractivity contribution in [2.45, 2.75) is 45.7 Å². The lowest BCUT2D eigenvalue weighted by molar-refractivity contribution is -0.134. The minimum atomic E-state index is -0.635. The number of ether oxygens (including phenoxy) is 1. The molecule has 0 aliphatic carbocycles. The number of carbonyl (C=O) groups excluding carboxylic acids is 2. The third-order valence-electron chi connectivity index (χ3n) is 5.90. The average Bonchev–Trinajstić information content (AvgIpc) is 3.28. The number of anilines is 1. The van der Waals surface area contributed by atoms with Crippen LogP contribution < -0.4 is 10.6 Å². The van der Waals surface area contributed by atoms with Crippen LogP contribution in [0, 0.1) is 12.8 Å². The predicted molar refractivity (Wildman–Crippen MR) is 128 cm³/mol. The van der Waals surface area contributed by atoms with Gasteiger partial charge in [0.2, 0.25) is 5.91 Å². The minimum Gasteiger partial charge on any atom is -0.453 e. The van der Waals surface area contributed by atoms with E-state index in [1.54, 1.807) is 0 Å². The minimum absolute atomic E-state index is 0.0570. The Kier molecular flexibility index (Phi) is 7.57. The molecule has 1 aliphatic heterocycles. The van der Waals surface area contributed by atoms with E-state index in [1.807, 2.05) is 30.9 Å². The molecular formula is C26H33N3O3. The van der Waals surface area contributed by atoms with Crippen LogP contribution in [0.2, 0.25) is 0 Å². The van der Waals surface area contributed by atoms with Crippen molar-refractivity contribution >= 4 is 17.7 Å². The summed E-state index contributed by atoms with van der Waals surface area (Å²) in [6.07, 6.45) is 1.13. The lowest BCUT2D eigenvalue weighted by Gasteiger charge is -2.32. The normalized spacial score (nSPS) is 16.5. The summed E-state index contributed by atoms with van der Waals surface area (Å²) in [7, 11) is 1.30. The Morgan fingerprint density at radius 3 is 2.22 bits per heavy atom. The van der Waals surface area contributed by atoms with E-state index in [0.29, 0.717) is 6.54 Å². The van der Waals surface area contributed by atoms with Crippen LogP contribution in [-0.2, 0) is 9.53 Å². The van der Waals surface area contributed by atoms with E-state index >= 15 is 0 Å². The zero-order valence-corrected chi connectivity index (χ0v) is 19.4. The fraction of sp³-hybridized carbons (Fsp3) is 0.385. The number of alkyl carbamates (subject to hydrolysis) is 1. The monoisotopic (exact) mass is 435 g/mol. The number of nitrogens with one attached hydrogen (secondary N) is 2. The van der Waals surface area contributed by atoms with Crippen LogP contribution in [0.3, 0.4) is 0 Å². The fourth-order valence-corrected chi connectivity index (χ4v) is 4.03. The van der Waals surface area contributed by atoms with Crippen LogP contribution in [0.5, 0.6) is 0 Å². The van der Waals surface area contributed by atoms with E-state index in [2.05, 4.69) is 60.5 Å². The van der Waals surface area contributed by atoms with Crippen molar-refractivity contribution in [1.29, 1.82) is 0 Å². The van der Waals surface area contributed by atoms with Gasteiger partial charge in [0, 0.05) is 17.9 Å². The first kappa shape index (κ1) is 23.4. The second-order valence-electron chi connectivity index (χ2n) is 8.64. The standard InChI is InChI=1S/C26H33N3O3/c1-17(2)24(28-26(31)32-5)25(30)29-16-6-7-23(29)19(4)27-22-14-12-21(13-15-22)20-10-8-18(3)9-11-20/h8-15,17,23-24,27H,4,6-7,16H2,1-3,5H3,(H,28,31)/t23-,24-/m0/s1. The third-order valence-corrected chi connectivity index (χ3v) is 5.90. The number of hydrogen-bond donors (Lipinski definition) is 2. The van der Waals surface area contributed by atoms with Crippen molar-refractivity contribution in [2.75, 3.05) is 19.0 Å². The molecule has 32 heavy (non-hydrogen) atoms. The summed E-state index contributed by atoms with van der Waals surface area (Å²) in [5, 5.41) is 6.05. The van der Waals surface area contributed by atoms with Crippen molar-refractivity contribution < 1.29 is 14.3 Å². The van der Waals surface area contributed by atoms with E-state index in [1.165, 1.54) is 18.2 Å². The Hall–Kier alpha value is -3.28. The van der Waals surface area contributed by atoms with Crippen molar-refractivity contribution in [3.8, 4) is 11.1 Å². The molecule has 0 unspecified atom stereocenters. The molecule has 0 saturated carbocycles. The van der Waals surface area contributed by atoms with Crippen LogP contribution >= 0.6 is 0 Å². The largest absolute Gasteiger partial charge is 0.453 e. The molecule has 3 rings (SSSR count). The highest BCUT2D eigenvalue weighted by molar-refractivity contribution is 5.86. The van der Waals surface area contributed by atoms with Crippen LogP contribution in [0.15, 0.2) is 60.8 Å². The van der Waals surface area contributed by atoms with Gasteiger partial charge in [0.25, 0.3) is 0 Å². The first-order valence-electron chi connectivity index (χ1n) is 11.1. The fourth-order valence-electron chi connectivity index (χ4n) is 4.03. The predicted octanol–water partition coefficient (Wildman–Crippen LogP) is 4.96. The van der Waals surface area contributed by atoms with E-state index in [0.717, 1.165) is 29.8 Å². The van der Waals surface area contributed by atoms with E-state index in [9.17, 15) is 9.59 Å². The molecule has 6 heteroatoms. The maximum atomic E-state index is 13.2. The molecule has 1 heterocycles. The second kappa shape index (κ2) is 10.4. The van der Waals surface area contributed by atoms with Gasteiger partial charge in [-0.2, -0.15) is 0 Å². The quantitative estimate of drug-likeness (QED) is 0.645. The van der Waals surface area contributed by atoms with Crippen molar-refractivity contribution in [2.24, 2.45) is 5.92 Å². The number of aryl methyl sites for hydroxylation is 1. The third kappa shape index (κ3) is 5.49. The van der Waals surface area contributed by atoms with Gasteiger partial charge in [-0.3, -0.25) is 4.79 Å². The zero-order valence-electron chi connectivity index (χ0n) is 19.4. The molecule has 1 saturated heterocycles. The van der Waals surface area contributed by atoms with Gasteiger partial charge in [-0.25, -0.2) is 4.79 Å². The molecular weight excluding hydrogens is 402 g/mol. The number of carbonyl (C=O) groups is 2.